The number of hydrogen-bond donors (Lipinski definition) is 1. The zero-order valence-corrected chi connectivity index (χ0v) is 14.1. The summed E-state index contributed by atoms with van der Waals surface area (Å²) in [6, 6.07) is 5.28. The maximum atomic E-state index is 12.8. The minimum Gasteiger partial charge on any atom is -0.328 e. The molecule has 6 heteroatoms. The third-order valence-electron chi connectivity index (χ3n) is 4.08. The Labute approximate surface area is 132 Å². The van der Waals surface area contributed by atoms with Gasteiger partial charge < -0.3 is 5.73 Å². The standard InChI is InChI=1S/C15H23ClN2O2S/c1-3-4-12-5-6-14(16)15(9-12)21(19,20)18-8-7-13(10-18)11(2)17/h5-6,9,11,13H,3-4,7-8,10,17H2,1-2H3. The van der Waals surface area contributed by atoms with Gasteiger partial charge in [0.15, 0.2) is 0 Å². The minimum atomic E-state index is -3.53. The third kappa shape index (κ3) is 3.59. The van der Waals surface area contributed by atoms with Crippen molar-refractivity contribution in [2.24, 2.45) is 11.7 Å². The van der Waals surface area contributed by atoms with Crippen LogP contribution in [-0.4, -0.2) is 31.9 Å². The highest BCUT2D eigenvalue weighted by Gasteiger charge is 2.35. The van der Waals surface area contributed by atoms with Crippen LogP contribution in [-0.2, 0) is 16.4 Å². The number of benzene rings is 1. The fourth-order valence-electron chi connectivity index (χ4n) is 2.73. The van der Waals surface area contributed by atoms with Crippen LogP contribution in [0.25, 0.3) is 0 Å². The van der Waals surface area contributed by atoms with Crippen LogP contribution in [0.2, 0.25) is 5.02 Å². The molecule has 1 aromatic rings. The quantitative estimate of drug-likeness (QED) is 0.902. The molecule has 0 aromatic heterocycles. The van der Waals surface area contributed by atoms with Crippen LogP contribution < -0.4 is 5.73 Å². The summed E-state index contributed by atoms with van der Waals surface area (Å²) in [5.74, 6) is 0.220. The average molecular weight is 331 g/mol. The van der Waals surface area contributed by atoms with Gasteiger partial charge in [0, 0.05) is 19.1 Å². The number of hydrogen-bond acceptors (Lipinski definition) is 3. The SMILES string of the molecule is CCCc1ccc(Cl)c(S(=O)(=O)N2CCC(C(C)N)C2)c1. The van der Waals surface area contributed by atoms with Gasteiger partial charge in [-0.1, -0.05) is 31.0 Å². The molecule has 4 nitrogen and oxygen atoms in total. The maximum absolute atomic E-state index is 12.8. The second-order valence-corrected chi connectivity index (χ2v) is 8.10. The lowest BCUT2D eigenvalue weighted by molar-refractivity contribution is 0.429. The zero-order chi connectivity index (χ0) is 15.6. The Morgan fingerprint density at radius 2 is 2.19 bits per heavy atom. The Morgan fingerprint density at radius 1 is 1.48 bits per heavy atom. The number of rotatable bonds is 5. The van der Waals surface area contributed by atoms with Crippen molar-refractivity contribution in [2.75, 3.05) is 13.1 Å². The molecule has 1 aliphatic rings. The molecule has 2 unspecified atom stereocenters. The summed E-state index contributed by atoms with van der Waals surface area (Å²) in [6.45, 7) is 4.99. The van der Waals surface area contributed by atoms with E-state index in [1.807, 2.05) is 13.0 Å². The van der Waals surface area contributed by atoms with E-state index in [0.717, 1.165) is 24.8 Å². The summed E-state index contributed by atoms with van der Waals surface area (Å²) in [5.41, 5.74) is 6.89. The van der Waals surface area contributed by atoms with E-state index in [2.05, 4.69) is 6.92 Å². The van der Waals surface area contributed by atoms with Crippen LogP contribution in [0.4, 0.5) is 0 Å². The monoisotopic (exact) mass is 330 g/mol. The van der Waals surface area contributed by atoms with Gasteiger partial charge in [-0.25, -0.2) is 8.42 Å². The molecule has 1 saturated heterocycles. The molecule has 1 heterocycles. The van der Waals surface area contributed by atoms with Crippen molar-refractivity contribution in [3.63, 3.8) is 0 Å². The third-order valence-corrected chi connectivity index (χ3v) is 6.43. The van der Waals surface area contributed by atoms with E-state index in [1.165, 1.54) is 4.31 Å². The average Bonchev–Trinajstić information content (AvgIpc) is 2.91. The molecule has 21 heavy (non-hydrogen) atoms. The Kier molecular flexibility index (Phi) is 5.30. The maximum Gasteiger partial charge on any atom is 0.244 e. The van der Waals surface area contributed by atoms with Gasteiger partial charge >= 0.3 is 0 Å². The van der Waals surface area contributed by atoms with Crippen LogP contribution in [0, 0.1) is 5.92 Å². The van der Waals surface area contributed by atoms with Crippen LogP contribution in [0.1, 0.15) is 32.3 Å². The highest BCUT2D eigenvalue weighted by atomic mass is 35.5. The van der Waals surface area contributed by atoms with Gasteiger partial charge in [-0.3, -0.25) is 0 Å². The lowest BCUT2D eigenvalue weighted by Crippen LogP contribution is -2.33. The van der Waals surface area contributed by atoms with E-state index >= 15 is 0 Å². The number of sulfonamides is 1. The second kappa shape index (κ2) is 6.65. The first-order valence-electron chi connectivity index (χ1n) is 7.40. The number of aryl methyl sites for hydroxylation is 1. The summed E-state index contributed by atoms with van der Waals surface area (Å²) < 4.78 is 27.1. The molecule has 1 aliphatic heterocycles. The summed E-state index contributed by atoms with van der Waals surface area (Å²) in [5, 5.41) is 0.291. The van der Waals surface area contributed by atoms with Gasteiger partial charge in [-0.05, 0) is 43.4 Å². The summed E-state index contributed by atoms with van der Waals surface area (Å²) >= 11 is 6.13. The Morgan fingerprint density at radius 3 is 2.76 bits per heavy atom. The van der Waals surface area contributed by atoms with Gasteiger partial charge in [0.2, 0.25) is 10.0 Å². The van der Waals surface area contributed by atoms with E-state index in [1.54, 1.807) is 12.1 Å². The summed E-state index contributed by atoms with van der Waals surface area (Å²) in [7, 11) is -3.53. The number of nitrogens with two attached hydrogens (primary N) is 1. The van der Waals surface area contributed by atoms with Crippen LogP contribution >= 0.6 is 11.6 Å². The minimum absolute atomic E-state index is 0.00657. The first-order chi connectivity index (χ1) is 9.86. The van der Waals surface area contributed by atoms with Crippen LogP contribution in [0.15, 0.2) is 23.1 Å². The second-order valence-electron chi connectivity index (χ2n) is 5.79. The molecule has 1 aromatic carbocycles. The van der Waals surface area contributed by atoms with Crippen molar-refractivity contribution in [1.29, 1.82) is 0 Å². The van der Waals surface area contributed by atoms with Crippen molar-refractivity contribution in [2.45, 2.75) is 44.0 Å². The molecular formula is C15H23ClN2O2S. The first kappa shape index (κ1) is 16.7. The van der Waals surface area contributed by atoms with Crippen molar-refractivity contribution in [1.82, 2.24) is 4.31 Å². The number of nitrogens with zero attached hydrogens (tertiary/aromatic N) is 1. The molecule has 1 fully saturated rings. The summed E-state index contributed by atoms with van der Waals surface area (Å²) in [4.78, 5) is 0.223. The Bertz CT molecular complexity index is 602. The molecule has 2 atom stereocenters. The Hall–Kier alpha value is -0.620. The normalized spacial score (nSPS) is 21.6. The molecule has 0 radical (unpaired) electrons. The largest absolute Gasteiger partial charge is 0.328 e. The molecule has 0 amide bonds. The van der Waals surface area contributed by atoms with E-state index in [9.17, 15) is 8.42 Å². The van der Waals surface area contributed by atoms with Crippen molar-refractivity contribution < 1.29 is 8.42 Å². The lowest BCUT2D eigenvalue weighted by atomic mass is 10.0. The lowest BCUT2D eigenvalue weighted by Gasteiger charge is -2.19. The molecule has 0 bridgehead atoms. The van der Waals surface area contributed by atoms with Gasteiger partial charge in [-0.2, -0.15) is 4.31 Å². The molecular weight excluding hydrogens is 308 g/mol. The smallest absolute Gasteiger partial charge is 0.244 e. The van der Waals surface area contributed by atoms with Crippen molar-refractivity contribution >= 4 is 21.6 Å². The van der Waals surface area contributed by atoms with E-state index < -0.39 is 10.0 Å². The van der Waals surface area contributed by atoms with Gasteiger partial charge in [0.05, 0.1) is 5.02 Å². The molecule has 0 saturated carbocycles. The highest BCUT2D eigenvalue weighted by molar-refractivity contribution is 7.89. The fourth-order valence-corrected chi connectivity index (χ4v) is 4.77. The van der Waals surface area contributed by atoms with Crippen molar-refractivity contribution in [3.8, 4) is 0 Å². The fraction of sp³-hybridized carbons (Fsp3) is 0.600. The van der Waals surface area contributed by atoms with E-state index in [0.29, 0.717) is 18.1 Å². The van der Waals surface area contributed by atoms with Crippen LogP contribution in [0.3, 0.4) is 0 Å². The summed E-state index contributed by atoms with van der Waals surface area (Å²) in [6.07, 6.45) is 2.63. The van der Waals surface area contributed by atoms with Gasteiger partial charge in [-0.15, -0.1) is 0 Å². The van der Waals surface area contributed by atoms with Crippen molar-refractivity contribution in [3.05, 3.63) is 28.8 Å². The Balaban J connectivity index is 2.30. The topological polar surface area (TPSA) is 63.4 Å². The zero-order valence-electron chi connectivity index (χ0n) is 12.5. The van der Waals surface area contributed by atoms with Gasteiger partial charge in [0.25, 0.3) is 0 Å². The predicted octanol–water partition coefficient (Wildman–Crippen LogP) is 2.65. The van der Waals surface area contributed by atoms with Gasteiger partial charge in [0.1, 0.15) is 4.90 Å². The molecule has 2 rings (SSSR count). The molecule has 2 N–H and O–H groups in total. The molecule has 0 spiro atoms. The van der Waals surface area contributed by atoms with Crippen LogP contribution in [0.5, 0.6) is 0 Å². The predicted molar refractivity (Wildman–Crippen MR) is 86.0 cm³/mol. The van der Waals surface area contributed by atoms with E-state index in [-0.39, 0.29) is 16.9 Å². The number of halogens is 1. The molecule has 118 valence electrons. The molecule has 0 aliphatic carbocycles. The highest BCUT2D eigenvalue weighted by Crippen LogP contribution is 2.30. The first-order valence-corrected chi connectivity index (χ1v) is 9.22. The van der Waals surface area contributed by atoms with E-state index in [4.69, 9.17) is 17.3 Å².